The van der Waals surface area contributed by atoms with Gasteiger partial charge in [-0.15, -0.1) is 0 Å². The summed E-state index contributed by atoms with van der Waals surface area (Å²) in [5.41, 5.74) is 1.79. The normalized spacial score (nSPS) is 9.75. The summed E-state index contributed by atoms with van der Waals surface area (Å²) in [4.78, 5) is 0. The van der Waals surface area contributed by atoms with E-state index in [9.17, 15) is 5.11 Å². The number of phenols is 1. The summed E-state index contributed by atoms with van der Waals surface area (Å²) in [5, 5.41) is 19.1. The van der Waals surface area contributed by atoms with Crippen molar-refractivity contribution in [2.45, 2.75) is 0 Å². The van der Waals surface area contributed by atoms with Crippen molar-refractivity contribution in [1.82, 2.24) is 0 Å². The highest BCUT2D eigenvalue weighted by Gasteiger charge is 2.08. The van der Waals surface area contributed by atoms with Crippen LogP contribution in [0.3, 0.4) is 0 Å². The Morgan fingerprint density at radius 3 is 2.50 bits per heavy atom. The number of nitriles is 1. The van der Waals surface area contributed by atoms with Gasteiger partial charge in [-0.05, 0) is 24.3 Å². The van der Waals surface area contributed by atoms with Gasteiger partial charge in [0.25, 0.3) is 0 Å². The molecular weight excluding hydrogens is 222 g/mol. The Labute approximate surface area is 98.3 Å². The summed E-state index contributed by atoms with van der Waals surface area (Å²) in [5.74, 6) is 0.118. The first kappa shape index (κ1) is 10.5. The second kappa shape index (κ2) is 4.26. The number of hydrogen-bond acceptors (Lipinski definition) is 2. The molecule has 0 aromatic heterocycles. The summed E-state index contributed by atoms with van der Waals surface area (Å²) in [7, 11) is 0. The molecule has 0 fully saturated rings. The molecule has 1 N–H and O–H groups in total. The third-order valence-electron chi connectivity index (χ3n) is 2.29. The molecule has 0 unspecified atom stereocenters. The SMILES string of the molecule is N#Cc1ccc(O)c(-c2ccccc2Cl)c1. The van der Waals surface area contributed by atoms with Crippen LogP contribution in [0.25, 0.3) is 11.1 Å². The van der Waals surface area contributed by atoms with Crippen molar-refractivity contribution in [2.75, 3.05) is 0 Å². The van der Waals surface area contributed by atoms with Gasteiger partial charge in [0.05, 0.1) is 11.6 Å². The topological polar surface area (TPSA) is 44.0 Å². The molecular formula is C13H8ClNO. The lowest BCUT2D eigenvalue weighted by atomic mass is 10.0. The summed E-state index contributed by atoms with van der Waals surface area (Å²) in [6, 6.07) is 13.9. The standard InChI is InChI=1S/C13H8ClNO/c14-12-4-2-1-3-10(12)11-7-9(8-15)5-6-13(11)16/h1-7,16H. The molecule has 0 aliphatic heterocycles. The Hall–Kier alpha value is -1.98. The summed E-state index contributed by atoms with van der Waals surface area (Å²) >= 11 is 6.03. The van der Waals surface area contributed by atoms with Crippen LogP contribution in [0.2, 0.25) is 5.02 Å². The average Bonchev–Trinajstić information content (AvgIpc) is 2.31. The van der Waals surface area contributed by atoms with Crippen molar-refractivity contribution in [3.8, 4) is 22.9 Å². The van der Waals surface area contributed by atoms with Crippen molar-refractivity contribution in [1.29, 1.82) is 5.26 Å². The van der Waals surface area contributed by atoms with E-state index in [1.165, 1.54) is 6.07 Å². The van der Waals surface area contributed by atoms with Crippen LogP contribution >= 0.6 is 11.6 Å². The van der Waals surface area contributed by atoms with Gasteiger partial charge in [0.2, 0.25) is 0 Å². The Morgan fingerprint density at radius 1 is 1.06 bits per heavy atom. The highest BCUT2D eigenvalue weighted by atomic mass is 35.5. The molecule has 16 heavy (non-hydrogen) atoms. The van der Waals surface area contributed by atoms with Crippen LogP contribution in [0.5, 0.6) is 5.75 Å². The highest BCUT2D eigenvalue weighted by molar-refractivity contribution is 6.33. The lowest BCUT2D eigenvalue weighted by Crippen LogP contribution is -1.82. The fourth-order valence-corrected chi connectivity index (χ4v) is 1.74. The predicted octanol–water partition coefficient (Wildman–Crippen LogP) is 3.58. The van der Waals surface area contributed by atoms with E-state index in [1.807, 2.05) is 18.2 Å². The van der Waals surface area contributed by atoms with E-state index in [-0.39, 0.29) is 5.75 Å². The van der Waals surface area contributed by atoms with Crippen LogP contribution in [0.4, 0.5) is 0 Å². The van der Waals surface area contributed by atoms with E-state index in [2.05, 4.69) is 0 Å². The lowest BCUT2D eigenvalue weighted by molar-refractivity contribution is 0.477. The van der Waals surface area contributed by atoms with E-state index < -0.39 is 0 Å². The number of phenolic OH excluding ortho intramolecular Hbond substituents is 1. The van der Waals surface area contributed by atoms with Gasteiger partial charge in [-0.2, -0.15) is 5.26 Å². The molecule has 0 aliphatic rings. The number of aromatic hydroxyl groups is 1. The Balaban J connectivity index is 2.65. The first-order chi connectivity index (χ1) is 7.72. The van der Waals surface area contributed by atoms with Crippen molar-refractivity contribution in [3.05, 3.63) is 53.1 Å². The third kappa shape index (κ3) is 1.86. The molecule has 0 spiro atoms. The third-order valence-corrected chi connectivity index (χ3v) is 2.62. The van der Waals surface area contributed by atoms with E-state index in [0.717, 1.165) is 5.56 Å². The first-order valence-electron chi connectivity index (χ1n) is 4.70. The average molecular weight is 230 g/mol. The van der Waals surface area contributed by atoms with Crippen LogP contribution in [-0.4, -0.2) is 5.11 Å². The van der Waals surface area contributed by atoms with E-state index in [0.29, 0.717) is 16.1 Å². The second-order valence-corrected chi connectivity index (χ2v) is 3.73. The molecule has 0 saturated carbocycles. The minimum Gasteiger partial charge on any atom is -0.507 e. The molecule has 3 heteroatoms. The van der Waals surface area contributed by atoms with E-state index >= 15 is 0 Å². The van der Waals surface area contributed by atoms with Crippen molar-refractivity contribution in [2.24, 2.45) is 0 Å². The van der Waals surface area contributed by atoms with Gasteiger partial charge in [-0.3, -0.25) is 0 Å². The van der Waals surface area contributed by atoms with E-state index in [4.69, 9.17) is 16.9 Å². The monoisotopic (exact) mass is 229 g/mol. The van der Waals surface area contributed by atoms with Crippen LogP contribution < -0.4 is 0 Å². The van der Waals surface area contributed by atoms with Gasteiger partial charge in [-0.25, -0.2) is 0 Å². The maximum atomic E-state index is 9.74. The predicted molar refractivity (Wildman–Crippen MR) is 63.3 cm³/mol. The van der Waals surface area contributed by atoms with Gasteiger partial charge >= 0.3 is 0 Å². The molecule has 0 atom stereocenters. The molecule has 0 radical (unpaired) electrons. The fourth-order valence-electron chi connectivity index (χ4n) is 1.50. The zero-order valence-corrected chi connectivity index (χ0v) is 9.07. The van der Waals surface area contributed by atoms with Crippen molar-refractivity contribution < 1.29 is 5.11 Å². The van der Waals surface area contributed by atoms with Crippen molar-refractivity contribution in [3.63, 3.8) is 0 Å². The molecule has 2 aromatic rings. The number of rotatable bonds is 1. The molecule has 0 bridgehead atoms. The smallest absolute Gasteiger partial charge is 0.123 e. The minimum atomic E-state index is 0.118. The quantitative estimate of drug-likeness (QED) is 0.812. The van der Waals surface area contributed by atoms with Crippen LogP contribution in [-0.2, 0) is 0 Å². The molecule has 0 aliphatic carbocycles. The largest absolute Gasteiger partial charge is 0.507 e. The molecule has 2 nitrogen and oxygen atoms in total. The number of halogens is 1. The van der Waals surface area contributed by atoms with Crippen LogP contribution in [0, 0.1) is 11.3 Å². The Bertz CT molecular complexity index is 572. The van der Waals surface area contributed by atoms with Gasteiger partial charge < -0.3 is 5.11 Å². The molecule has 2 rings (SSSR count). The molecule has 0 saturated heterocycles. The highest BCUT2D eigenvalue weighted by Crippen LogP contribution is 2.34. The number of nitrogens with zero attached hydrogens (tertiary/aromatic N) is 1. The summed E-state index contributed by atoms with van der Waals surface area (Å²) in [6.45, 7) is 0. The van der Waals surface area contributed by atoms with Gasteiger partial charge in [0.15, 0.2) is 0 Å². The molecule has 0 amide bonds. The Morgan fingerprint density at radius 2 is 1.81 bits per heavy atom. The van der Waals surface area contributed by atoms with Crippen LogP contribution in [0.1, 0.15) is 5.56 Å². The lowest BCUT2D eigenvalue weighted by Gasteiger charge is -2.06. The maximum Gasteiger partial charge on any atom is 0.123 e. The second-order valence-electron chi connectivity index (χ2n) is 3.32. The minimum absolute atomic E-state index is 0.118. The Kier molecular flexibility index (Phi) is 2.80. The molecule has 2 aromatic carbocycles. The molecule has 78 valence electrons. The zero-order valence-electron chi connectivity index (χ0n) is 8.31. The maximum absolute atomic E-state index is 9.74. The fraction of sp³-hybridized carbons (Fsp3) is 0. The number of hydrogen-bond donors (Lipinski definition) is 1. The molecule has 0 heterocycles. The van der Waals surface area contributed by atoms with Crippen molar-refractivity contribution >= 4 is 11.6 Å². The van der Waals surface area contributed by atoms with Gasteiger partial charge in [0, 0.05) is 16.1 Å². The van der Waals surface area contributed by atoms with Gasteiger partial charge in [0.1, 0.15) is 5.75 Å². The van der Waals surface area contributed by atoms with Gasteiger partial charge in [-0.1, -0.05) is 29.8 Å². The number of benzene rings is 2. The zero-order chi connectivity index (χ0) is 11.5. The summed E-state index contributed by atoms with van der Waals surface area (Å²) in [6.07, 6.45) is 0. The first-order valence-corrected chi connectivity index (χ1v) is 5.08. The van der Waals surface area contributed by atoms with Crippen LogP contribution in [0.15, 0.2) is 42.5 Å². The summed E-state index contributed by atoms with van der Waals surface area (Å²) < 4.78 is 0. The van der Waals surface area contributed by atoms with E-state index in [1.54, 1.807) is 24.3 Å².